The van der Waals surface area contributed by atoms with Gasteiger partial charge >= 0.3 is 12.0 Å². The van der Waals surface area contributed by atoms with Crippen molar-refractivity contribution in [3.8, 4) is 5.75 Å². The van der Waals surface area contributed by atoms with Gasteiger partial charge in [-0.15, -0.1) is 0 Å². The Balaban J connectivity index is 1.56. The predicted molar refractivity (Wildman–Crippen MR) is 145 cm³/mol. The minimum atomic E-state index is -0.990. The summed E-state index contributed by atoms with van der Waals surface area (Å²) >= 11 is 0. The van der Waals surface area contributed by atoms with E-state index in [0.717, 1.165) is 28.8 Å². The van der Waals surface area contributed by atoms with Gasteiger partial charge in [0, 0.05) is 25.3 Å². The fourth-order valence-electron chi connectivity index (χ4n) is 3.99. The Morgan fingerprint density at radius 1 is 1.00 bits per heavy atom. The maximum Gasteiger partial charge on any atom is 0.333 e. The number of nitrogens with zero attached hydrogens (tertiary/aromatic N) is 1. The van der Waals surface area contributed by atoms with Gasteiger partial charge in [0.2, 0.25) is 0 Å². The van der Waals surface area contributed by atoms with E-state index in [9.17, 15) is 19.1 Å². The second-order valence-corrected chi connectivity index (χ2v) is 9.00. The zero-order valence-corrected chi connectivity index (χ0v) is 21.9. The van der Waals surface area contributed by atoms with Crippen LogP contribution < -0.4 is 10.1 Å². The lowest BCUT2D eigenvalue weighted by atomic mass is 10.1. The molecule has 0 saturated heterocycles. The number of aliphatic carboxylic acids is 1. The van der Waals surface area contributed by atoms with Gasteiger partial charge in [-0.25, -0.2) is 14.0 Å². The van der Waals surface area contributed by atoms with E-state index in [1.165, 1.54) is 12.1 Å². The third-order valence-corrected chi connectivity index (χ3v) is 5.98. The van der Waals surface area contributed by atoms with Crippen LogP contribution in [0, 0.1) is 12.7 Å². The van der Waals surface area contributed by atoms with Crippen molar-refractivity contribution >= 4 is 17.7 Å². The molecule has 202 valence electrons. The molecule has 1 unspecified atom stereocenters. The van der Waals surface area contributed by atoms with E-state index in [0.29, 0.717) is 31.9 Å². The SMILES string of the molecule is CCOC(Cc1ccc(OCCN(CCCc2ccc(F)cc2)C(=O)Nc2cccc(C)c2)cc1)C(=O)O. The number of carboxylic acid groups (broad SMARTS) is 1. The number of ether oxygens (including phenoxy) is 2. The number of hydrogen-bond acceptors (Lipinski definition) is 4. The van der Waals surface area contributed by atoms with Gasteiger partial charge in [-0.2, -0.15) is 0 Å². The number of carbonyl (C=O) groups excluding carboxylic acids is 1. The number of urea groups is 1. The zero-order chi connectivity index (χ0) is 27.3. The van der Waals surface area contributed by atoms with E-state index >= 15 is 0 Å². The number of carboxylic acids is 1. The summed E-state index contributed by atoms with van der Waals surface area (Å²) < 4.78 is 24.3. The van der Waals surface area contributed by atoms with E-state index < -0.39 is 12.1 Å². The summed E-state index contributed by atoms with van der Waals surface area (Å²) in [5.41, 5.74) is 3.62. The molecule has 0 saturated carbocycles. The molecule has 0 fully saturated rings. The highest BCUT2D eigenvalue weighted by Gasteiger charge is 2.18. The molecular formula is C30H35FN2O5. The molecule has 2 N–H and O–H groups in total. The Bertz CT molecular complexity index is 1170. The lowest BCUT2D eigenvalue weighted by Crippen LogP contribution is -2.38. The highest BCUT2D eigenvalue weighted by Crippen LogP contribution is 2.16. The molecule has 0 aromatic heterocycles. The smallest absolute Gasteiger partial charge is 0.333 e. The quantitative estimate of drug-likeness (QED) is 0.283. The highest BCUT2D eigenvalue weighted by atomic mass is 19.1. The third kappa shape index (κ3) is 9.52. The molecule has 0 aliphatic carbocycles. The van der Waals surface area contributed by atoms with Gasteiger partial charge < -0.3 is 24.8 Å². The van der Waals surface area contributed by atoms with Crippen LogP contribution >= 0.6 is 0 Å². The van der Waals surface area contributed by atoms with Gasteiger partial charge in [-0.05, 0) is 79.8 Å². The van der Waals surface area contributed by atoms with E-state index in [2.05, 4.69) is 5.32 Å². The molecular weight excluding hydrogens is 487 g/mol. The summed E-state index contributed by atoms with van der Waals surface area (Å²) in [5, 5.41) is 12.2. The molecule has 1 atom stereocenters. The van der Waals surface area contributed by atoms with Crippen LogP contribution in [0.4, 0.5) is 14.9 Å². The van der Waals surface area contributed by atoms with Gasteiger partial charge in [-0.1, -0.05) is 36.4 Å². The summed E-state index contributed by atoms with van der Waals surface area (Å²) in [6.45, 7) is 5.22. The molecule has 0 spiro atoms. The summed E-state index contributed by atoms with van der Waals surface area (Å²) in [6.07, 6.45) is 0.814. The van der Waals surface area contributed by atoms with Gasteiger partial charge in [0.25, 0.3) is 0 Å². The van der Waals surface area contributed by atoms with Crippen molar-refractivity contribution in [2.45, 2.75) is 39.2 Å². The Labute approximate surface area is 223 Å². The monoisotopic (exact) mass is 522 g/mol. The van der Waals surface area contributed by atoms with Crippen molar-refractivity contribution in [2.24, 2.45) is 0 Å². The number of aryl methyl sites for hydroxylation is 2. The first-order chi connectivity index (χ1) is 18.3. The number of benzene rings is 3. The van der Waals surface area contributed by atoms with Crippen molar-refractivity contribution < 1.29 is 28.6 Å². The lowest BCUT2D eigenvalue weighted by Gasteiger charge is -2.23. The van der Waals surface area contributed by atoms with Gasteiger partial charge in [0.05, 0.1) is 6.54 Å². The molecule has 3 aromatic carbocycles. The molecule has 0 heterocycles. The normalized spacial score (nSPS) is 11.6. The largest absolute Gasteiger partial charge is 0.492 e. The van der Waals surface area contributed by atoms with E-state index in [4.69, 9.17) is 9.47 Å². The van der Waals surface area contributed by atoms with E-state index in [1.807, 2.05) is 43.3 Å². The second-order valence-electron chi connectivity index (χ2n) is 9.00. The fourth-order valence-corrected chi connectivity index (χ4v) is 3.99. The van der Waals surface area contributed by atoms with Crippen LogP contribution in [-0.2, 0) is 22.4 Å². The van der Waals surface area contributed by atoms with Crippen LogP contribution in [0.15, 0.2) is 72.8 Å². The number of hydrogen-bond donors (Lipinski definition) is 2. The molecule has 0 radical (unpaired) electrons. The molecule has 3 rings (SSSR count). The Morgan fingerprint density at radius 2 is 1.71 bits per heavy atom. The molecule has 0 aliphatic heterocycles. The van der Waals surface area contributed by atoms with Crippen molar-refractivity contribution in [2.75, 3.05) is 31.6 Å². The summed E-state index contributed by atoms with van der Waals surface area (Å²) in [4.78, 5) is 26.1. The average molecular weight is 523 g/mol. The van der Waals surface area contributed by atoms with Crippen molar-refractivity contribution in [3.05, 3.63) is 95.3 Å². The molecule has 8 heteroatoms. The molecule has 38 heavy (non-hydrogen) atoms. The first-order valence-electron chi connectivity index (χ1n) is 12.8. The zero-order valence-electron chi connectivity index (χ0n) is 21.9. The number of amides is 2. The minimum Gasteiger partial charge on any atom is -0.492 e. The van der Waals surface area contributed by atoms with Crippen LogP contribution in [0.5, 0.6) is 5.75 Å². The van der Waals surface area contributed by atoms with Gasteiger partial charge in [-0.3, -0.25) is 0 Å². The fraction of sp³-hybridized carbons (Fsp3) is 0.333. The maximum atomic E-state index is 13.2. The second kappa shape index (κ2) is 14.7. The molecule has 0 aliphatic rings. The predicted octanol–water partition coefficient (Wildman–Crippen LogP) is 5.71. The average Bonchev–Trinajstić information content (AvgIpc) is 2.89. The van der Waals surface area contributed by atoms with Crippen LogP contribution in [-0.4, -0.2) is 54.4 Å². The van der Waals surface area contributed by atoms with Crippen LogP contribution in [0.1, 0.15) is 30.0 Å². The molecule has 0 bridgehead atoms. The third-order valence-electron chi connectivity index (χ3n) is 5.98. The summed E-state index contributed by atoms with van der Waals surface area (Å²) in [5.74, 6) is -0.632. The number of nitrogens with one attached hydrogen (secondary N) is 1. The topological polar surface area (TPSA) is 88.1 Å². The van der Waals surface area contributed by atoms with Gasteiger partial charge in [0.15, 0.2) is 6.10 Å². The van der Waals surface area contributed by atoms with Gasteiger partial charge in [0.1, 0.15) is 18.2 Å². The van der Waals surface area contributed by atoms with Crippen molar-refractivity contribution in [3.63, 3.8) is 0 Å². The minimum absolute atomic E-state index is 0.218. The Morgan fingerprint density at radius 3 is 2.37 bits per heavy atom. The number of rotatable bonds is 14. The lowest BCUT2D eigenvalue weighted by molar-refractivity contribution is -0.149. The van der Waals surface area contributed by atoms with Crippen LogP contribution in [0.2, 0.25) is 0 Å². The van der Waals surface area contributed by atoms with E-state index in [1.54, 1.807) is 36.1 Å². The Hall–Kier alpha value is -3.91. The van der Waals surface area contributed by atoms with Crippen molar-refractivity contribution in [1.82, 2.24) is 4.90 Å². The van der Waals surface area contributed by atoms with Crippen LogP contribution in [0.3, 0.4) is 0 Å². The summed E-state index contributed by atoms with van der Waals surface area (Å²) in [6, 6.07) is 21.0. The van der Waals surface area contributed by atoms with E-state index in [-0.39, 0.29) is 24.9 Å². The first kappa shape index (κ1) is 28.7. The molecule has 7 nitrogen and oxygen atoms in total. The Kier molecular flexibility index (Phi) is 11.1. The number of carbonyl (C=O) groups is 2. The first-order valence-corrected chi connectivity index (χ1v) is 12.8. The standard InChI is InChI=1S/C30H35FN2O5/c1-3-37-28(29(34)35)21-24-11-15-27(16-12-24)38-19-18-33(17-5-7-23-9-13-25(31)14-10-23)30(36)32-26-8-4-6-22(2)20-26/h4,6,8-16,20,28H,3,5,7,17-19,21H2,1-2H3,(H,32,36)(H,34,35). The number of anilines is 1. The van der Waals surface area contributed by atoms with Crippen LogP contribution in [0.25, 0.3) is 0 Å². The van der Waals surface area contributed by atoms with Crippen molar-refractivity contribution in [1.29, 1.82) is 0 Å². The maximum absolute atomic E-state index is 13.2. The number of halogens is 1. The molecule has 3 aromatic rings. The molecule has 2 amide bonds. The summed E-state index contributed by atoms with van der Waals surface area (Å²) in [7, 11) is 0. The highest BCUT2D eigenvalue weighted by molar-refractivity contribution is 5.89.